The Morgan fingerprint density at radius 1 is 1.47 bits per heavy atom. The molecule has 0 aromatic heterocycles. The second-order valence-electron chi connectivity index (χ2n) is 4.36. The molecule has 2 unspecified atom stereocenters. The number of carbonyl (C=O) groups is 1. The monoisotopic (exact) mass is 235 g/mol. The minimum Gasteiger partial charge on any atom is -0.508 e. The van der Waals surface area contributed by atoms with Crippen molar-refractivity contribution in [3.05, 3.63) is 29.8 Å². The van der Waals surface area contributed by atoms with Crippen LogP contribution in [0.4, 0.5) is 0 Å². The number of benzene rings is 1. The first kappa shape index (κ1) is 11.9. The van der Waals surface area contributed by atoms with Crippen LogP contribution in [0, 0.1) is 0 Å². The lowest BCUT2D eigenvalue weighted by Crippen LogP contribution is -2.40. The molecule has 4 nitrogen and oxygen atoms in total. The van der Waals surface area contributed by atoms with E-state index in [1.54, 1.807) is 12.1 Å². The van der Waals surface area contributed by atoms with E-state index in [2.05, 4.69) is 5.32 Å². The zero-order valence-electron chi connectivity index (χ0n) is 9.85. The summed E-state index contributed by atoms with van der Waals surface area (Å²) in [5.41, 5.74) is 0.549. The van der Waals surface area contributed by atoms with Gasteiger partial charge in [-0.2, -0.15) is 0 Å². The summed E-state index contributed by atoms with van der Waals surface area (Å²) in [5.74, 6) is 0.0294. The molecule has 1 aromatic rings. The third-order valence-electron chi connectivity index (χ3n) is 3.01. The standard InChI is InChI=1S/C13H17NO3/c1-9(12-3-2-8-17-12)14-13(16)10-4-6-11(15)7-5-10/h4-7,9,12,15H,2-3,8H2,1H3,(H,14,16). The highest BCUT2D eigenvalue weighted by atomic mass is 16.5. The second kappa shape index (κ2) is 5.19. The Hall–Kier alpha value is -1.55. The molecule has 0 radical (unpaired) electrons. The van der Waals surface area contributed by atoms with Crippen LogP contribution in [-0.4, -0.2) is 29.8 Å². The molecule has 1 aliphatic heterocycles. The van der Waals surface area contributed by atoms with Crippen LogP contribution >= 0.6 is 0 Å². The number of hydrogen-bond donors (Lipinski definition) is 2. The van der Waals surface area contributed by atoms with Crippen molar-refractivity contribution in [3.63, 3.8) is 0 Å². The van der Waals surface area contributed by atoms with Gasteiger partial charge in [0, 0.05) is 12.2 Å². The molecule has 1 heterocycles. The fourth-order valence-corrected chi connectivity index (χ4v) is 1.99. The second-order valence-corrected chi connectivity index (χ2v) is 4.36. The van der Waals surface area contributed by atoms with Crippen molar-refractivity contribution >= 4 is 5.91 Å². The normalized spacial score (nSPS) is 21.1. The highest BCUT2D eigenvalue weighted by Gasteiger charge is 2.23. The van der Waals surface area contributed by atoms with Gasteiger partial charge in [0.1, 0.15) is 5.75 Å². The highest BCUT2D eigenvalue weighted by Crippen LogP contribution is 2.16. The zero-order valence-corrected chi connectivity index (χ0v) is 9.85. The molecule has 1 aromatic carbocycles. The molecular weight excluding hydrogens is 218 g/mol. The van der Waals surface area contributed by atoms with E-state index in [0.29, 0.717) is 5.56 Å². The van der Waals surface area contributed by atoms with Gasteiger partial charge in [0.15, 0.2) is 0 Å². The summed E-state index contributed by atoms with van der Waals surface area (Å²) in [4.78, 5) is 11.9. The highest BCUT2D eigenvalue weighted by molar-refractivity contribution is 5.94. The van der Waals surface area contributed by atoms with Crippen molar-refractivity contribution in [2.45, 2.75) is 31.9 Å². The number of ether oxygens (including phenoxy) is 1. The molecule has 17 heavy (non-hydrogen) atoms. The number of phenols is 1. The summed E-state index contributed by atoms with van der Waals surface area (Å²) in [6.07, 6.45) is 2.18. The minimum absolute atomic E-state index is 0.0128. The molecule has 0 spiro atoms. The Labute approximate surface area is 101 Å². The molecule has 2 atom stereocenters. The minimum atomic E-state index is -0.131. The SMILES string of the molecule is CC(NC(=O)c1ccc(O)cc1)C1CCCO1. The maximum atomic E-state index is 11.9. The fraction of sp³-hybridized carbons (Fsp3) is 0.462. The molecule has 1 saturated heterocycles. The van der Waals surface area contributed by atoms with E-state index in [1.807, 2.05) is 6.92 Å². The maximum Gasteiger partial charge on any atom is 0.251 e. The van der Waals surface area contributed by atoms with E-state index in [1.165, 1.54) is 12.1 Å². The Kier molecular flexibility index (Phi) is 3.64. The van der Waals surface area contributed by atoms with Crippen LogP contribution in [0.25, 0.3) is 0 Å². The van der Waals surface area contributed by atoms with Crippen molar-refractivity contribution < 1.29 is 14.6 Å². The number of carbonyl (C=O) groups excluding carboxylic acids is 1. The Balaban J connectivity index is 1.94. The van der Waals surface area contributed by atoms with Gasteiger partial charge in [-0.15, -0.1) is 0 Å². The Morgan fingerprint density at radius 3 is 2.76 bits per heavy atom. The maximum absolute atomic E-state index is 11.9. The number of aromatic hydroxyl groups is 1. The first-order valence-corrected chi connectivity index (χ1v) is 5.88. The van der Waals surface area contributed by atoms with Crippen LogP contribution in [0.15, 0.2) is 24.3 Å². The molecule has 4 heteroatoms. The van der Waals surface area contributed by atoms with Crippen LogP contribution in [0.5, 0.6) is 5.75 Å². The van der Waals surface area contributed by atoms with Crippen LogP contribution in [0.3, 0.4) is 0 Å². The summed E-state index contributed by atoms with van der Waals surface area (Å²) in [7, 11) is 0. The lowest BCUT2D eigenvalue weighted by Gasteiger charge is -2.19. The van der Waals surface area contributed by atoms with E-state index in [0.717, 1.165) is 19.4 Å². The molecule has 2 rings (SSSR count). The molecule has 1 fully saturated rings. The van der Waals surface area contributed by atoms with Gasteiger partial charge in [-0.05, 0) is 44.0 Å². The average Bonchev–Trinajstić information content (AvgIpc) is 2.83. The van der Waals surface area contributed by atoms with Crippen molar-refractivity contribution in [2.75, 3.05) is 6.61 Å². The van der Waals surface area contributed by atoms with Crippen molar-refractivity contribution in [2.24, 2.45) is 0 Å². The van der Waals surface area contributed by atoms with E-state index in [4.69, 9.17) is 9.84 Å². The van der Waals surface area contributed by atoms with E-state index >= 15 is 0 Å². The van der Waals surface area contributed by atoms with Crippen LogP contribution in [-0.2, 0) is 4.74 Å². The van der Waals surface area contributed by atoms with E-state index in [-0.39, 0.29) is 23.8 Å². The number of hydrogen-bond acceptors (Lipinski definition) is 3. The summed E-state index contributed by atoms with van der Waals surface area (Å²) in [5, 5.41) is 12.1. The number of amides is 1. The molecule has 0 bridgehead atoms. The quantitative estimate of drug-likeness (QED) is 0.838. The molecule has 1 amide bonds. The largest absolute Gasteiger partial charge is 0.508 e. The molecule has 2 N–H and O–H groups in total. The first-order chi connectivity index (χ1) is 8.16. The van der Waals surface area contributed by atoms with Gasteiger partial charge >= 0.3 is 0 Å². The van der Waals surface area contributed by atoms with Crippen molar-refractivity contribution in [1.29, 1.82) is 0 Å². The van der Waals surface area contributed by atoms with Gasteiger partial charge in [-0.1, -0.05) is 0 Å². The first-order valence-electron chi connectivity index (χ1n) is 5.88. The number of phenolic OH excluding ortho intramolecular Hbond substituents is 1. The van der Waals surface area contributed by atoms with Crippen LogP contribution in [0.1, 0.15) is 30.1 Å². The summed E-state index contributed by atoms with van der Waals surface area (Å²) in [6.45, 7) is 2.73. The molecule has 1 aliphatic rings. The predicted molar refractivity (Wildman–Crippen MR) is 64.0 cm³/mol. The third kappa shape index (κ3) is 2.97. The van der Waals surface area contributed by atoms with Gasteiger partial charge in [-0.25, -0.2) is 0 Å². The van der Waals surface area contributed by atoms with E-state index in [9.17, 15) is 4.79 Å². The summed E-state index contributed by atoms with van der Waals surface area (Å²) >= 11 is 0. The van der Waals surface area contributed by atoms with Crippen molar-refractivity contribution in [1.82, 2.24) is 5.32 Å². The third-order valence-corrected chi connectivity index (χ3v) is 3.01. The van der Waals surface area contributed by atoms with E-state index < -0.39 is 0 Å². The predicted octanol–water partition coefficient (Wildman–Crippen LogP) is 1.69. The topological polar surface area (TPSA) is 58.6 Å². The number of nitrogens with one attached hydrogen (secondary N) is 1. The smallest absolute Gasteiger partial charge is 0.251 e. The Bertz CT molecular complexity index is 382. The van der Waals surface area contributed by atoms with Crippen LogP contribution < -0.4 is 5.32 Å². The molecular formula is C13H17NO3. The summed E-state index contributed by atoms with van der Waals surface area (Å²) < 4.78 is 5.52. The summed E-state index contributed by atoms with van der Waals surface area (Å²) in [6, 6.07) is 6.23. The average molecular weight is 235 g/mol. The van der Waals surface area contributed by atoms with Crippen LogP contribution in [0.2, 0.25) is 0 Å². The van der Waals surface area contributed by atoms with Gasteiger partial charge in [0.2, 0.25) is 0 Å². The molecule has 0 saturated carbocycles. The lowest BCUT2D eigenvalue weighted by atomic mass is 10.1. The molecule has 0 aliphatic carbocycles. The fourth-order valence-electron chi connectivity index (χ4n) is 1.99. The van der Waals surface area contributed by atoms with Gasteiger partial charge in [0.25, 0.3) is 5.91 Å². The van der Waals surface area contributed by atoms with Gasteiger partial charge in [-0.3, -0.25) is 4.79 Å². The van der Waals surface area contributed by atoms with Gasteiger partial charge < -0.3 is 15.2 Å². The number of rotatable bonds is 3. The molecule has 92 valence electrons. The van der Waals surface area contributed by atoms with Crippen molar-refractivity contribution in [3.8, 4) is 5.75 Å². The Morgan fingerprint density at radius 2 is 2.18 bits per heavy atom. The van der Waals surface area contributed by atoms with Gasteiger partial charge in [0.05, 0.1) is 12.1 Å². The zero-order chi connectivity index (χ0) is 12.3. The lowest BCUT2D eigenvalue weighted by molar-refractivity contribution is 0.0712.